The van der Waals surface area contributed by atoms with Crippen LogP contribution in [0.2, 0.25) is 18.1 Å². The summed E-state index contributed by atoms with van der Waals surface area (Å²) in [5.74, 6) is 0.488. The maximum atomic E-state index is 15.3. The van der Waals surface area contributed by atoms with E-state index in [-0.39, 0.29) is 34.5 Å². The summed E-state index contributed by atoms with van der Waals surface area (Å²) in [6.45, 7) is 13.5. The van der Waals surface area contributed by atoms with Crippen molar-refractivity contribution >= 4 is 20.2 Å². The number of hydrogen-bond acceptors (Lipinski definition) is 6. The van der Waals surface area contributed by atoms with Gasteiger partial charge in [-0.15, -0.1) is 0 Å². The van der Waals surface area contributed by atoms with E-state index in [9.17, 15) is 4.79 Å². The molecule has 2 fully saturated rings. The third-order valence-corrected chi connectivity index (χ3v) is 12.4. The van der Waals surface area contributed by atoms with Crippen LogP contribution in [0.3, 0.4) is 0 Å². The molecule has 0 saturated carbocycles. The van der Waals surface area contributed by atoms with E-state index in [2.05, 4.69) is 53.7 Å². The molecule has 2 saturated heterocycles. The van der Waals surface area contributed by atoms with E-state index in [4.69, 9.17) is 4.43 Å². The fraction of sp³-hybridized carbons (Fsp3) is 0.600. The number of amides is 1. The van der Waals surface area contributed by atoms with Crippen LogP contribution in [0.1, 0.15) is 45.6 Å². The lowest BCUT2D eigenvalue weighted by Crippen LogP contribution is -2.42. The Kier molecular flexibility index (Phi) is 6.54. The van der Waals surface area contributed by atoms with Crippen LogP contribution in [-0.2, 0) is 15.8 Å². The molecule has 0 unspecified atom stereocenters. The molecular weight excluding hydrogens is 449 g/mol. The average molecular weight is 486 g/mol. The Balaban J connectivity index is 1.43. The number of rotatable bonds is 5. The summed E-state index contributed by atoms with van der Waals surface area (Å²) in [6.07, 6.45) is 7.42. The van der Waals surface area contributed by atoms with E-state index in [0.29, 0.717) is 23.5 Å². The standard InChI is InChI=1S/C25H36FN5O2Si/c1-24(2,3)34(5,6)33-16-18-7-10-27-22(21(18)26)19-14-28-23(29-15-19)31-11-8-25(9-12-31)13-20(32)30(4)17-25/h7,10,14-15H,8-9,11-13,16-17H2,1-6H3. The second-order valence-corrected chi connectivity index (χ2v) is 16.2. The summed E-state index contributed by atoms with van der Waals surface area (Å²) < 4.78 is 21.5. The van der Waals surface area contributed by atoms with Gasteiger partial charge >= 0.3 is 0 Å². The van der Waals surface area contributed by atoms with Crippen molar-refractivity contribution in [3.63, 3.8) is 0 Å². The fourth-order valence-electron chi connectivity index (χ4n) is 4.50. The summed E-state index contributed by atoms with van der Waals surface area (Å²) >= 11 is 0. The normalized spacial score (nSPS) is 18.7. The zero-order chi connectivity index (χ0) is 24.7. The first-order valence-electron chi connectivity index (χ1n) is 12.0. The molecule has 4 heterocycles. The van der Waals surface area contributed by atoms with Gasteiger partial charge in [0.25, 0.3) is 0 Å². The highest BCUT2D eigenvalue weighted by Gasteiger charge is 2.44. The molecule has 0 radical (unpaired) electrons. The van der Waals surface area contributed by atoms with E-state index in [1.165, 1.54) is 0 Å². The van der Waals surface area contributed by atoms with E-state index >= 15 is 4.39 Å². The number of anilines is 1. The molecule has 9 heteroatoms. The maximum absolute atomic E-state index is 15.3. The van der Waals surface area contributed by atoms with Gasteiger partial charge in [0.05, 0.1) is 6.61 Å². The quantitative estimate of drug-likeness (QED) is 0.574. The molecule has 2 aliphatic heterocycles. The first-order chi connectivity index (χ1) is 15.9. The minimum absolute atomic E-state index is 0.0559. The van der Waals surface area contributed by atoms with Crippen molar-refractivity contribution in [2.75, 3.05) is 31.6 Å². The van der Waals surface area contributed by atoms with Crippen LogP contribution >= 0.6 is 0 Å². The Morgan fingerprint density at radius 3 is 2.35 bits per heavy atom. The monoisotopic (exact) mass is 485 g/mol. The predicted octanol–water partition coefficient (Wildman–Crippen LogP) is 4.65. The lowest BCUT2D eigenvalue weighted by molar-refractivity contribution is -0.126. The van der Waals surface area contributed by atoms with Crippen LogP contribution < -0.4 is 4.90 Å². The van der Waals surface area contributed by atoms with Crippen LogP contribution in [0.25, 0.3) is 11.3 Å². The minimum atomic E-state index is -1.99. The van der Waals surface area contributed by atoms with Crippen LogP contribution in [0.4, 0.5) is 10.3 Å². The van der Waals surface area contributed by atoms with Gasteiger partial charge in [0.2, 0.25) is 11.9 Å². The largest absolute Gasteiger partial charge is 0.412 e. The minimum Gasteiger partial charge on any atom is -0.412 e. The summed E-state index contributed by atoms with van der Waals surface area (Å²) in [4.78, 5) is 29.3. The van der Waals surface area contributed by atoms with Crippen molar-refractivity contribution in [3.05, 3.63) is 36.0 Å². The van der Waals surface area contributed by atoms with Gasteiger partial charge in [0.1, 0.15) is 5.69 Å². The molecule has 4 rings (SSSR count). The summed E-state index contributed by atoms with van der Waals surface area (Å²) in [6, 6.07) is 1.68. The van der Waals surface area contributed by atoms with Gasteiger partial charge in [0, 0.05) is 68.2 Å². The Hall–Kier alpha value is -2.39. The Morgan fingerprint density at radius 2 is 1.79 bits per heavy atom. The summed E-state index contributed by atoms with van der Waals surface area (Å²) in [5, 5.41) is 0.0559. The molecule has 0 aromatic carbocycles. The van der Waals surface area contributed by atoms with Gasteiger partial charge in [-0.2, -0.15) is 0 Å². The molecule has 2 aromatic rings. The maximum Gasteiger partial charge on any atom is 0.225 e. The Labute approximate surface area is 202 Å². The molecule has 1 spiro atoms. The number of aromatic nitrogens is 3. The molecule has 0 aliphatic carbocycles. The van der Waals surface area contributed by atoms with Gasteiger partial charge in [-0.3, -0.25) is 9.78 Å². The van der Waals surface area contributed by atoms with Gasteiger partial charge in [0.15, 0.2) is 14.1 Å². The number of likely N-dealkylation sites (tertiary alicyclic amines) is 1. The van der Waals surface area contributed by atoms with E-state index in [1.807, 2.05) is 11.9 Å². The highest BCUT2D eigenvalue weighted by Crippen LogP contribution is 2.41. The first-order valence-corrected chi connectivity index (χ1v) is 14.9. The summed E-state index contributed by atoms with van der Waals surface area (Å²) in [5.41, 5.74) is 1.37. The first kappa shape index (κ1) is 24.7. The third kappa shape index (κ3) is 4.86. The summed E-state index contributed by atoms with van der Waals surface area (Å²) in [7, 11) is -0.111. The zero-order valence-corrected chi connectivity index (χ0v) is 22.2. The molecule has 1 amide bonds. The predicted molar refractivity (Wildman–Crippen MR) is 133 cm³/mol. The molecule has 2 aromatic heterocycles. The van der Waals surface area contributed by atoms with Crippen molar-refractivity contribution < 1.29 is 13.6 Å². The number of carbonyl (C=O) groups excluding carboxylic acids is 1. The molecule has 7 nitrogen and oxygen atoms in total. The van der Waals surface area contributed by atoms with Crippen molar-refractivity contribution in [3.8, 4) is 11.3 Å². The number of halogens is 1. The highest BCUT2D eigenvalue weighted by molar-refractivity contribution is 6.74. The molecule has 0 atom stereocenters. The Morgan fingerprint density at radius 1 is 1.15 bits per heavy atom. The highest BCUT2D eigenvalue weighted by atomic mass is 28.4. The smallest absolute Gasteiger partial charge is 0.225 e. The lowest BCUT2D eigenvalue weighted by Gasteiger charge is -2.38. The average Bonchev–Trinajstić information content (AvgIpc) is 3.05. The SMILES string of the molecule is CN1CC2(CCN(c3ncc(-c4nccc(CO[Si](C)(C)C(C)(C)C)c4F)cn3)CC2)CC1=O. The van der Waals surface area contributed by atoms with Gasteiger partial charge in [-0.1, -0.05) is 20.8 Å². The van der Waals surface area contributed by atoms with E-state index in [1.54, 1.807) is 24.7 Å². The zero-order valence-electron chi connectivity index (χ0n) is 21.2. The van der Waals surface area contributed by atoms with Gasteiger partial charge in [-0.05, 0) is 37.0 Å². The van der Waals surface area contributed by atoms with Crippen molar-refractivity contribution in [2.45, 2.75) is 64.8 Å². The van der Waals surface area contributed by atoms with Crippen LogP contribution in [0.15, 0.2) is 24.7 Å². The molecule has 2 aliphatic rings. The van der Waals surface area contributed by atoms with Gasteiger partial charge < -0.3 is 14.2 Å². The topological polar surface area (TPSA) is 71.5 Å². The second-order valence-electron chi connectivity index (χ2n) is 11.4. The molecule has 184 valence electrons. The van der Waals surface area contributed by atoms with Gasteiger partial charge in [-0.25, -0.2) is 14.4 Å². The van der Waals surface area contributed by atoms with Crippen LogP contribution in [-0.4, -0.2) is 60.8 Å². The number of piperidine rings is 1. The third-order valence-electron chi connectivity index (χ3n) is 7.91. The van der Waals surface area contributed by atoms with E-state index in [0.717, 1.165) is 32.5 Å². The fourth-order valence-corrected chi connectivity index (χ4v) is 5.45. The molecular formula is C25H36FN5O2Si. The molecule has 34 heavy (non-hydrogen) atoms. The molecule has 0 N–H and O–H groups in total. The van der Waals surface area contributed by atoms with E-state index < -0.39 is 8.32 Å². The number of hydrogen-bond donors (Lipinski definition) is 0. The van der Waals surface area contributed by atoms with Crippen molar-refractivity contribution in [1.29, 1.82) is 0 Å². The van der Waals surface area contributed by atoms with Crippen LogP contribution in [0.5, 0.6) is 0 Å². The second kappa shape index (κ2) is 9.00. The number of carbonyl (C=O) groups is 1. The molecule has 0 bridgehead atoms. The van der Waals surface area contributed by atoms with Crippen LogP contribution in [0, 0.1) is 11.2 Å². The number of pyridine rings is 1. The van der Waals surface area contributed by atoms with Crippen molar-refractivity contribution in [1.82, 2.24) is 19.9 Å². The Bertz CT molecular complexity index is 1050. The number of nitrogens with zero attached hydrogens (tertiary/aromatic N) is 5. The lowest BCUT2D eigenvalue weighted by atomic mass is 9.78. The van der Waals surface area contributed by atoms with Crippen molar-refractivity contribution in [2.24, 2.45) is 5.41 Å².